The van der Waals surface area contributed by atoms with Gasteiger partial charge in [-0.05, 0) is 62.1 Å². The van der Waals surface area contributed by atoms with Crippen LogP contribution in [0.1, 0.15) is 25.3 Å². The Bertz CT molecular complexity index is 866. The van der Waals surface area contributed by atoms with E-state index in [0.717, 1.165) is 35.7 Å². The van der Waals surface area contributed by atoms with E-state index in [-0.39, 0.29) is 4.75 Å². The van der Waals surface area contributed by atoms with Crippen molar-refractivity contribution in [2.24, 2.45) is 0 Å². The number of rotatable bonds is 8. The normalized spacial score (nSPS) is 13.5. The molecule has 1 heterocycles. The Morgan fingerprint density at radius 3 is 2.44 bits per heavy atom. The quantitative estimate of drug-likeness (QED) is 0.340. The first kappa shape index (κ1) is 20.6. The van der Waals surface area contributed by atoms with Crippen molar-refractivity contribution >= 4 is 46.6 Å². The van der Waals surface area contributed by atoms with Gasteiger partial charge in [0.1, 0.15) is 0 Å². The average Bonchev–Trinajstić information content (AvgIpc) is 3.12. The molecule has 0 bridgehead atoms. The van der Waals surface area contributed by atoms with Crippen LogP contribution in [0.15, 0.2) is 66.1 Å². The van der Waals surface area contributed by atoms with Crippen molar-refractivity contribution in [3.63, 3.8) is 0 Å². The van der Waals surface area contributed by atoms with Crippen molar-refractivity contribution in [1.29, 1.82) is 0 Å². The number of nitrogens with zero attached hydrogens (tertiary/aromatic N) is 2. The molecule has 1 atom stereocenters. The lowest BCUT2D eigenvalue weighted by atomic mass is 10.00. The SMILES string of the molecule is CC(CCCc1ccc(Cl)cc1)(Cn1ccnc1)Sc1ccc(Cl)cc1Cl. The van der Waals surface area contributed by atoms with E-state index in [1.807, 2.05) is 43.0 Å². The third-order valence-electron chi connectivity index (χ3n) is 4.41. The van der Waals surface area contributed by atoms with E-state index in [4.69, 9.17) is 34.8 Å². The monoisotopic (exact) mass is 438 g/mol. The number of halogens is 3. The van der Waals surface area contributed by atoms with E-state index in [0.29, 0.717) is 10.0 Å². The Balaban J connectivity index is 1.71. The summed E-state index contributed by atoms with van der Waals surface area (Å²) in [6, 6.07) is 13.8. The molecule has 0 aliphatic heterocycles. The third kappa shape index (κ3) is 6.18. The first-order chi connectivity index (χ1) is 12.9. The molecule has 0 aliphatic rings. The Kier molecular flexibility index (Phi) is 7.16. The smallest absolute Gasteiger partial charge is 0.0946 e. The first-order valence-corrected chi connectivity index (χ1v) is 10.7. The van der Waals surface area contributed by atoms with E-state index in [2.05, 4.69) is 28.6 Å². The highest BCUT2D eigenvalue weighted by atomic mass is 35.5. The largest absolute Gasteiger partial charge is 0.336 e. The molecule has 2 nitrogen and oxygen atoms in total. The summed E-state index contributed by atoms with van der Waals surface area (Å²) in [6.07, 6.45) is 8.81. The number of thioether (sulfide) groups is 1. The third-order valence-corrected chi connectivity index (χ3v) is 6.72. The zero-order valence-electron chi connectivity index (χ0n) is 15.0. The fourth-order valence-corrected chi connectivity index (χ4v) is 5.00. The molecule has 27 heavy (non-hydrogen) atoms. The predicted molar refractivity (Wildman–Crippen MR) is 117 cm³/mol. The van der Waals surface area contributed by atoms with E-state index in [1.165, 1.54) is 5.56 Å². The van der Waals surface area contributed by atoms with Crippen molar-refractivity contribution in [2.75, 3.05) is 0 Å². The summed E-state index contributed by atoms with van der Waals surface area (Å²) in [5.74, 6) is 0. The van der Waals surface area contributed by atoms with Gasteiger partial charge in [-0.25, -0.2) is 4.98 Å². The molecule has 0 saturated carbocycles. The van der Waals surface area contributed by atoms with Crippen molar-refractivity contribution < 1.29 is 0 Å². The second-order valence-corrected chi connectivity index (χ2v) is 9.75. The molecule has 0 aliphatic carbocycles. The summed E-state index contributed by atoms with van der Waals surface area (Å²) in [5.41, 5.74) is 1.30. The Morgan fingerprint density at radius 1 is 1.04 bits per heavy atom. The van der Waals surface area contributed by atoms with E-state index < -0.39 is 0 Å². The summed E-state index contributed by atoms with van der Waals surface area (Å²) < 4.78 is 2.10. The van der Waals surface area contributed by atoms with Gasteiger partial charge >= 0.3 is 0 Å². The molecule has 0 spiro atoms. The van der Waals surface area contributed by atoms with Crippen LogP contribution in [0.3, 0.4) is 0 Å². The van der Waals surface area contributed by atoms with Crippen LogP contribution < -0.4 is 0 Å². The average molecular weight is 440 g/mol. The molecule has 0 saturated heterocycles. The maximum absolute atomic E-state index is 6.43. The van der Waals surface area contributed by atoms with Crippen LogP contribution in [0, 0.1) is 0 Å². The Labute approximate surface area is 179 Å². The molecule has 3 rings (SSSR count). The van der Waals surface area contributed by atoms with Crippen LogP contribution in [0.2, 0.25) is 15.1 Å². The van der Waals surface area contributed by atoms with E-state index >= 15 is 0 Å². The zero-order valence-corrected chi connectivity index (χ0v) is 18.1. The van der Waals surface area contributed by atoms with Gasteiger partial charge in [-0.3, -0.25) is 0 Å². The molecular formula is C21H21Cl3N2S. The highest BCUT2D eigenvalue weighted by Gasteiger charge is 2.27. The summed E-state index contributed by atoms with van der Waals surface area (Å²) >= 11 is 20.3. The van der Waals surface area contributed by atoms with Crippen LogP contribution in [-0.2, 0) is 13.0 Å². The van der Waals surface area contributed by atoms with Crippen molar-refractivity contribution in [1.82, 2.24) is 9.55 Å². The van der Waals surface area contributed by atoms with E-state index in [9.17, 15) is 0 Å². The van der Waals surface area contributed by atoms with Crippen LogP contribution in [0.5, 0.6) is 0 Å². The van der Waals surface area contributed by atoms with Crippen LogP contribution in [0.4, 0.5) is 0 Å². The minimum atomic E-state index is -0.0232. The number of benzene rings is 2. The maximum atomic E-state index is 6.43. The molecule has 0 amide bonds. The minimum Gasteiger partial charge on any atom is -0.336 e. The van der Waals surface area contributed by atoms with Gasteiger partial charge in [0.15, 0.2) is 0 Å². The van der Waals surface area contributed by atoms with Crippen LogP contribution >= 0.6 is 46.6 Å². The van der Waals surface area contributed by atoms with Gasteiger partial charge in [0, 0.05) is 38.6 Å². The molecule has 1 aromatic heterocycles. The van der Waals surface area contributed by atoms with Gasteiger partial charge in [-0.2, -0.15) is 0 Å². The van der Waals surface area contributed by atoms with Gasteiger partial charge in [0.2, 0.25) is 0 Å². The van der Waals surface area contributed by atoms with Crippen molar-refractivity contribution in [2.45, 2.75) is 42.4 Å². The number of hydrogen-bond donors (Lipinski definition) is 0. The van der Waals surface area contributed by atoms with Crippen molar-refractivity contribution in [3.05, 3.63) is 81.8 Å². The molecular weight excluding hydrogens is 419 g/mol. The molecule has 1 unspecified atom stereocenters. The molecule has 3 aromatic rings. The first-order valence-electron chi connectivity index (χ1n) is 8.78. The van der Waals surface area contributed by atoms with Gasteiger partial charge in [0.05, 0.1) is 11.3 Å². The summed E-state index contributed by atoms with van der Waals surface area (Å²) in [7, 11) is 0. The fraction of sp³-hybridized carbons (Fsp3) is 0.286. The fourth-order valence-electron chi connectivity index (χ4n) is 3.07. The van der Waals surface area contributed by atoms with Crippen LogP contribution in [-0.4, -0.2) is 14.3 Å². The topological polar surface area (TPSA) is 17.8 Å². The van der Waals surface area contributed by atoms with Gasteiger partial charge in [-0.15, -0.1) is 11.8 Å². The summed E-state index contributed by atoms with van der Waals surface area (Å²) in [5, 5.41) is 2.13. The molecule has 0 fully saturated rings. The molecule has 142 valence electrons. The predicted octanol–water partition coefficient (Wildman–Crippen LogP) is 7.42. The van der Waals surface area contributed by atoms with Gasteiger partial charge in [-0.1, -0.05) is 46.9 Å². The van der Waals surface area contributed by atoms with Gasteiger partial charge < -0.3 is 4.57 Å². The van der Waals surface area contributed by atoms with Crippen LogP contribution in [0.25, 0.3) is 0 Å². The lowest BCUT2D eigenvalue weighted by molar-refractivity contribution is 0.480. The number of aromatic nitrogens is 2. The molecule has 0 radical (unpaired) electrons. The number of imidazole rings is 1. The summed E-state index contributed by atoms with van der Waals surface area (Å²) in [6.45, 7) is 3.14. The Morgan fingerprint density at radius 2 is 1.78 bits per heavy atom. The highest BCUT2D eigenvalue weighted by Crippen LogP contribution is 2.41. The highest BCUT2D eigenvalue weighted by molar-refractivity contribution is 8.00. The second-order valence-electron chi connectivity index (χ2n) is 6.84. The second kappa shape index (κ2) is 9.38. The minimum absolute atomic E-state index is 0.0232. The molecule has 2 aromatic carbocycles. The van der Waals surface area contributed by atoms with Crippen molar-refractivity contribution in [3.8, 4) is 0 Å². The zero-order chi connectivity index (χ0) is 19.3. The lowest BCUT2D eigenvalue weighted by Gasteiger charge is -2.30. The van der Waals surface area contributed by atoms with Gasteiger partial charge in [0.25, 0.3) is 0 Å². The molecule has 6 heteroatoms. The maximum Gasteiger partial charge on any atom is 0.0946 e. The lowest BCUT2D eigenvalue weighted by Crippen LogP contribution is -2.27. The number of aryl methyl sites for hydroxylation is 1. The molecule has 0 N–H and O–H groups in total. The summed E-state index contributed by atoms with van der Waals surface area (Å²) in [4.78, 5) is 5.23. The number of hydrogen-bond acceptors (Lipinski definition) is 2. The van der Waals surface area contributed by atoms with E-state index in [1.54, 1.807) is 17.8 Å². The Hall–Kier alpha value is -1.13. The standard InChI is InChI=1S/C21H21Cl3N2S/c1-21(14-26-12-11-25-15-26,27-20-9-8-18(23)13-19(20)24)10-2-3-16-4-6-17(22)7-5-16/h4-9,11-13,15H,2-3,10,14H2,1H3.